The number of ether oxygens (including phenoxy) is 1. The molecule has 2 saturated heterocycles. The molecule has 0 N–H and O–H groups in total. The zero-order valence-electron chi connectivity index (χ0n) is 14.8. The number of hydrogen-bond acceptors (Lipinski definition) is 4. The largest absolute Gasteiger partial charge is 0.492 e. The Labute approximate surface area is 151 Å². The summed E-state index contributed by atoms with van der Waals surface area (Å²) in [7, 11) is -3.02. The first-order valence-corrected chi connectivity index (χ1v) is 11.0. The van der Waals surface area contributed by atoms with Crippen LogP contribution in [0.15, 0.2) is 30.3 Å². The highest BCUT2D eigenvalue weighted by molar-refractivity contribution is 7.90. The third kappa shape index (κ3) is 3.86. The third-order valence-electron chi connectivity index (χ3n) is 5.87. The van der Waals surface area contributed by atoms with Crippen molar-refractivity contribution in [1.29, 1.82) is 0 Å². The number of benzene rings is 1. The minimum Gasteiger partial charge on any atom is -0.492 e. The van der Waals surface area contributed by atoms with Crippen LogP contribution in [0.4, 0.5) is 0 Å². The van der Waals surface area contributed by atoms with E-state index >= 15 is 0 Å². The fourth-order valence-corrected chi connectivity index (χ4v) is 6.28. The topological polar surface area (TPSA) is 49.9 Å². The summed E-state index contributed by atoms with van der Waals surface area (Å²) in [6, 6.07) is 9.92. The van der Waals surface area contributed by atoms with Crippen molar-refractivity contribution in [3.05, 3.63) is 30.3 Å². The van der Waals surface area contributed by atoms with Gasteiger partial charge in [-0.2, -0.15) is 0 Å². The minimum absolute atomic E-state index is 0.0818. The number of sulfonamides is 1. The second-order valence-electron chi connectivity index (χ2n) is 7.87. The lowest BCUT2D eigenvalue weighted by molar-refractivity contribution is 0.0863. The predicted molar refractivity (Wildman–Crippen MR) is 98.2 cm³/mol. The molecule has 138 valence electrons. The summed E-state index contributed by atoms with van der Waals surface area (Å²) in [5.41, 5.74) is 0.160. The Morgan fingerprint density at radius 2 is 1.88 bits per heavy atom. The van der Waals surface area contributed by atoms with Crippen LogP contribution in [0.2, 0.25) is 0 Å². The summed E-state index contributed by atoms with van der Waals surface area (Å²) in [6.07, 6.45) is 5.03. The van der Waals surface area contributed by atoms with Gasteiger partial charge in [0.25, 0.3) is 0 Å². The average Bonchev–Trinajstić information content (AvgIpc) is 3.40. The monoisotopic (exact) mass is 364 g/mol. The summed E-state index contributed by atoms with van der Waals surface area (Å²) >= 11 is 0. The zero-order chi connectivity index (χ0) is 17.3. The van der Waals surface area contributed by atoms with E-state index in [9.17, 15) is 8.42 Å². The molecular weight excluding hydrogens is 336 g/mol. The summed E-state index contributed by atoms with van der Waals surface area (Å²) in [5, 5.41) is -0.0818. The lowest BCUT2D eigenvalue weighted by Gasteiger charge is -2.40. The van der Waals surface area contributed by atoms with Gasteiger partial charge in [-0.05, 0) is 56.2 Å². The van der Waals surface area contributed by atoms with Crippen molar-refractivity contribution in [2.45, 2.75) is 37.4 Å². The second-order valence-corrected chi connectivity index (χ2v) is 10.1. The van der Waals surface area contributed by atoms with E-state index in [0.29, 0.717) is 13.2 Å². The standard InChI is InChI=1S/C19H28N2O3S/c22-25(23,18-7-8-18)21-12-10-19(16-21)9-4-11-20(15-19)13-14-24-17-5-2-1-3-6-17/h1-3,5-6,18H,4,7-16H2. The average molecular weight is 365 g/mol. The highest BCUT2D eigenvalue weighted by Gasteiger charge is 2.48. The van der Waals surface area contributed by atoms with E-state index in [2.05, 4.69) is 4.90 Å². The molecule has 2 aliphatic heterocycles. The molecule has 0 aromatic heterocycles. The van der Waals surface area contributed by atoms with Crippen LogP contribution < -0.4 is 4.74 Å². The summed E-state index contributed by atoms with van der Waals surface area (Å²) in [6.45, 7) is 5.13. The van der Waals surface area contributed by atoms with Crippen molar-refractivity contribution >= 4 is 10.0 Å². The van der Waals surface area contributed by atoms with Gasteiger partial charge in [-0.3, -0.25) is 4.90 Å². The Kier molecular flexibility index (Phi) is 4.77. The van der Waals surface area contributed by atoms with Crippen LogP contribution in [0.25, 0.3) is 0 Å². The maximum absolute atomic E-state index is 12.5. The van der Waals surface area contributed by atoms with Gasteiger partial charge in [0, 0.05) is 26.2 Å². The molecule has 1 aromatic rings. The molecule has 1 spiro atoms. The quantitative estimate of drug-likeness (QED) is 0.777. The molecule has 25 heavy (non-hydrogen) atoms. The van der Waals surface area contributed by atoms with E-state index in [1.54, 1.807) is 4.31 Å². The molecule has 0 amide bonds. The molecule has 6 heteroatoms. The molecular formula is C19H28N2O3S. The van der Waals surface area contributed by atoms with Crippen LogP contribution in [0.1, 0.15) is 32.1 Å². The van der Waals surface area contributed by atoms with E-state index < -0.39 is 10.0 Å². The molecule has 2 heterocycles. The third-order valence-corrected chi connectivity index (χ3v) is 8.21. The first-order valence-electron chi connectivity index (χ1n) is 9.47. The lowest BCUT2D eigenvalue weighted by atomic mass is 9.79. The van der Waals surface area contributed by atoms with Gasteiger partial charge in [-0.15, -0.1) is 0 Å². The Balaban J connectivity index is 1.30. The van der Waals surface area contributed by atoms with Gasteiger partial charge in [0.05, 0.1) is 5.25 Å². The SMILES string of the molecule is O=S(=O)(C1CC1)N1CCC2(CCCN(CCOc3ccccc3)C2)C1. The fraction of sp³-hybridized carbons (Fsp3) is 0.684. The number of nitrogens with zero attached hydrogens (tertiary/aromatic N) is 2. The molecule has 1 aliphatic carbocycles. The smallest absolute Gasteiger partial charge is 0.217 e. The first-order chi connectivity index (χ1) is 12.1. The van der Waals surface area contributed by atoms with Crippen molar-refractivity contribution in [2.75, 3.05) is 39.3 Å². The van der Waals surface area contributed by atoms with E-state index in [-0.39, 0.29) is 10.7 Å². The molecule has 0 radical (unpaired) electrons. The van der Waals surface area contributed by atoms with E-state index in [1.165, 1.54) is 0 Å². The van der Waals surface area contributed by atoms with E-state index in [0.717, 1.165) is 64.0 Å². The Morgan fingerprint density at radius 1 is 1.08 bits per heavy atom. The van der Waals surface area contributed by atoms with Crippen molar-refractivity contribution in [2.24, 2.45) is 5.41 Å². The van der Waals surface area contributed by atoms with Gasteiger partial charge in [0.1, 0.15) is 12.4 Å². The maximum Gasteiger partial charge on any atom is 0.217 e. The van der Waals surface area contributed by atoms with Gasteiger partial charge in [-0.1, -0.05) is 18.2 Å². The Morgan fingerprint density at radius 3 is 2.64 bits per heavy atom. The summed E-state index contributed by atoms with van der Waals surface area (Å²) < 4.78 is 32.7. The highest BCUT2D eigenvalue weighted by Crippen LogP contribution is 2.42. The summed E-state index contributed by atoms with van der Waals surface area (Å²) in [4.78, 5) is 2.46. The highest BCUT2D eigenvalue weighted by atomic mass is 32.2. The van der Waals surface area contributed by atoms with Crippen LogP contribution in [0, 0.1) is 5.41 Å². The number of para-hydroxylation sites is 1. The summed E-state index contributed by atoms with van der Waals surface area (Å²) in [5.74, 6) is 0.914. The van der Waals surface area contributed by atoms with Crippen molar-refractivity contribution < 1.29 is 13.2 Å². The van der Waals surface area contributed by atoms with Crippen LogP contribution in [0.5, 0.6) is 5.75 Å². The van der Waals surface area contributed by atoms with Gasteiger partial charge < -0.3 is 4.74 Å². The number of hydrogen-bond donors (Lipinski definition) is 0. The predicted octanol–water partition coefficient (Wildman–Crippen LogP) is 2.35. The van der Waals surface area contributed by atoms with Crippen molar-refractivity contribution in [1.82, 2.24) is 9.21 Å². The van der Waals surface area contributed by atoms with Crippen LogP contribution >= 0.6 is 0 Å². The Bertz CT molecular complexity index is 690. The van der Waals surface area contributed by atoms with Crippen LogP contribution in [-0.2, 0) is 10.0 Å². The minimum atomic E-state index is -3.02. The molecule has 1 saturated carbocycles. The number of likely N-dealkylation sites (tertiary alicyclic amines) is 1. The number of piperidine rings is 1. The number of rotatable bonds is 6. The first kappa shape index (κ1) is 17.3. The lowest BCUT2D eigenvalue weighted by Crippen LogP contribution is -2.46. The van der Waals surface area contributed by atoms with Gasteiger partial charge in [0.15, 0.2) is 0 Å². The molecule has 4 rings (SSSR count). The molecule has 1 atom stereocenters. The Hall–Kier alpha value is -1.11. The van der Waals surface area contributed by atoms with Crippen molar-refractivity contribution in [3.8, 4) is 5.75 Å². The molecule has 3 aliphatic rings. The van der Waals surface area contributed by atoms with E-state index in [4.69, 9.17) is 4.74 Å². The maximum atomic E-state index is 12.5. The normalized spacial score (nSPS) is 28.5. The molecule has 1 aromatic carbocycles. The van der Waals surface area contributed by atoms with E-state index in [1.807, 2.05) is 30.3 Å². The van der Waals surface area contributed by atoms with Crippen molar-refractivity contribution in [3.63, 3.8) is 0 Å². The molecule has 5 nitrogen and oxygen atoms in total. The van der Waals surface area contributed by atoms with Crippen LogP contribution in [-0.4, -0.2) is 62.2 Å². The van der Waals surface area contributed by atoms with Gasteiger partial charge in [0.2, 0.25) is 10.0 Å². The molecule has 3 fully saturated rings. The molecule has 0 bridgehead atoms. The van der Waals surface area contributed by atoms with Gasteiger partial charge >= 0.3 is 0 Å². The second kappa shape index (κ2) is 6.89. The van der Waals surface area contributed by atoms with Gasteiger partial charge in [-0.25, -0.2) is 12.7 Å². The molecule has 1 unspecified atom stereocenters. The van der Waals surface area contributed by atoms with Crippen LogP contribution in [0.3, 0.4) is 0 Å². The zero-order valence-corrected chi connectivity index (χ0v) is 15.6. The fourth-order valence-electron chi connectivity index (χ4n) is 4.33.